The van der Waals surface area contributed by atoms with Crippen molar-refractivity contribution < 1.29 is 14.6 Å². The number of amides is 1. The smallest absolute Gasteiger partial charge is 0.411 e. The minimum atomic E-state index is -0.999. The van der Waals surface area contributed by atoms with Gasteiger partial charge < -0.3 is 9.84 Å². The molecule has 1 amide bonds. The molecule has 1 N–H and O–H groups in total. The molecule has 1 fully saturated rings. The first-order chi connectivity index (χ1) is 16.4. The van der Waals surface area contributed by atoms with Gasteiger partial charge in [-0.1, -0.05) is 12.1 Å². The summed E-state index contributed by atoms with van der Waals surface area (Å²) in [7, 11) is 1.81. The Morgan fingerprint density at radius 1 is 1.20 bits per heavy atom. The summed E-state index contributed by atoms with van der Waals surface area (Å²) in [6.45, 7) is 8.59. The second-order valence-electron chi connectivity index (χ2n) is 10.6. The Labute approximate surface area is 204 Å². The summed E-state index contributed by atoms with van der Waals surface area (Å²) in [5, 5.41) is 18.7. The molecule has 1 aliphatic rings. The molecule has 0 spiro atoms. The van der Waals surface area contributed by atoms with E-state index in [1.54, 1.807) is 27.8 Å². The van der Waals surface area contributed by atoms with Crippen molar-refractivity contribution in [2.24, 2.45) is 13.0 Å². The van der Waals surface area contributed by atoms with Gasteiger partial charge in [-0.15, -0.1) is 0 Å². The van der Waals surface area contributed by atoms with Crippen molar-refractivity contribution in [2.75, 3.05) is 11.4 Å². The number of anilines is 1. The minimum absolute atomic E-state index is 0.163. The molecule has 0 aliphatic carbocycles. The number of rotatable bonds is 6. The van der Waals surface area contributed by atoms with Gasteiger partial charge in [0.05, 0.1) is 23.6 Å². The minimum Gasteiger partial charge on any atom is -0.465 e. The molecule has 2 aromatic heterocycles. The van der Waals surface area contributed by atoms with E-state index in [0.29, 0.717) is 24.3 Å². The molecule has 0 atom stereocenters. The topological polar surface area (TPSA) is 102 Å². The van der Waals surface area contributed by atoms with Gasteiger partial charge in [-0.25, -0.2) is 9.48 Å². The molecule has 35 heavy (non-hydrogen) atoms. The highest BCUT2D eigenvalue weighted by molar-refractivity contribution is 5.86. The number of carboxylic acid groups (broad SMARTS) is 1. The lowest BCUT2D eigenvalue weighted by atomic mass is 9.80. The number of benzene rings is 1. The van der Waals surface area contributed by atoms with Crippen LogP contribution in [0.1, 0.15) is 51.8 Å². The van der Waals surface area contributed by atoms with Crippen LogP contribution in [0.2, 0.25) is 0 Å². The third-order valence-electron chi connectivity index (χ3n) is 6.21. The molecule has 1 aliphatic heterocycles. The van der Waals surface area contributed by atoms with Gasteiger partial charge in [0.25, 0.3) is 0 Å². The summed E-state index contributed by atoms with van der Waals surface area (Å²) in [4.78, 5) is 26.2. The zero-order valence-electron chi connectivity index (χ0n) is 20.9. The van der Waals surface area contributed by atoms with E-state index < -0.39 is 6.09 Å². The van der Waals surface area contributed by atoms with E-state index in [9.17, 15) is 14.7 Å². The number of hydrogen-bond acceptors (Lipinski definition) is 5. The van der Waals surface area contributed by atoms with Crippen LogP contribution in [-0.4, -0.2) is 48.5 Å². The average molecular weight is 480 g/mol. The first kappa shape index (κ1) is 24.7. The average Bonchev–Trinajstić information content (AvgIpc) is 3.18. The van der Waals surface area contributed by atoms with Gasteiger partial charge in [0.1, 0.15) is 11.4 Å². The molecule has 0 saturated carbocycles. The maximum atomic E-state index is 12.5. The fourth-order valence-electron chi connectivity index (χ4n) is 5.24. The van der Waals surface area contributed by atoms with Gasteiger partial charge in [-0.2, -0.15) is 10.2 Å². The zero-order valence-corrected chi connectivity index (χ0v) is 20.9. The molecule has 3 aromatic rings. The van der Waals surface area contributed by atoms with E-state index in [4.69, 9.17) is 4.74 Å². The van der Waals surface area contributed by atoms with Crippen molar-refractivity contribution in [3.8, 4) is 5.69 Å². The molecule has 0 unspecified atom stereocenters. The van der Waals surface area contributed by atoms with Crippen LogP contribution in [0.4, 0.5) is 10.5 Å². The van der Waals surface area contributed by atoms with Crippen LogP contribution in [0.5, 0.6) is 0 Å². The first-order valence-corrected chi connectivity index (χ1v) is 11.8. The summed E-state index contributed by atoms with van der Waals surface area (Å²) < 4.78 is 9.45. The number of aromatic nitrogens is 4. The number of ether oxygens (including phenoxy) is 1. The molecule has 0 radical (unpaired) electrons. The summed E-state index contributed by atoms with van der Waals surface area (Å²) in [5.41, 5.74) is 1.73. The summed E-state index contributed by atoms with van der Waals surface area (Å²) in [6.07, 6.45) is 5.95. The molecular weight excluding hydrogens is 446 g/mol. The maximum Gasteiger partial charge on any atom is 0.411 e. The van der Waals surface area contributed by atoms with Crippen LogP contribution >= 0.6 is 0 Å². The number of nitrogens with zero attached hydrogens (tertiary/aromatic N) is 5. The lowest BCUT2D eigenvalue weighted by Crippen LogP contribution is -2.48. The third kappa shape index (κ3) is 5.97. The highest BCUT2D eigenvalue weighted by Gasteiger charge is 2.40. The van der Waals surface area contributed by atoms with Crippen molar-refractivity contribution in [1.82, 2.24) is 19.6 Å². The number of aryl methyl sites for hydroxylation is 1. The van der Waals surface area contributed by atoms with E-state index in [1.807, 2.05) is 31.4 Å². The van der Waals surface area contributed by atoms with Crippen LogP contribution in [-0.2, 0) is 18.2 Å². The van der Waals surface area contributed by atoms with Gasteiger partial charge >= 0.3 is 6.09 Å². The van der Waals surface area contributed by atoms with Crippen LogP contribution in [0, 0.1) is 5.92 Å². The normalized spacial score (nSPS) is 17.3. The first-order valence-electron chi connectivity index (χ1n) is 11.8. The highest BCUT2D eigenvalue weighted by Crippen LogP contribution is 2.39. The van der Waals surface area contributed by atoms with Gasteiger partial charge in [0.15, 0.2) is 0 Å². The molecule has 186 valence electrons. The Morgan fingerprint density at radius 3 is 2.54 bits per heavy atom. The van der Waals surface area contributed by atoms with Crippen LogP contribution in [0.25, 0.3) is 5.69 Å². The Bertz CT molecular complexity index is 1260. The predicted molar refractivity (Wildman–Crippen MR) is 133 cm³/mol. The van der Waals surface area contributed by atoms with Crippen LogP contribution in [0.3, 0.4) is 0 Å². The van der Waals surface area contributed by atoms with Crippen molar-refractivity contribution in [1.29, 1.82) is 0 Å². The Hall–Kier alpha value is -3.46. The molecule has 9 heteroatoms. The second-order valence-corrected chi connectivity index (χ2v) is 10.6. The molecule has 1 aromatic carbocycles. The van der Waals surface area contributed by atoms with E-state index in [2.05, 4.69) is 37.9 Å². The van der Waals surface area contributed by atoms with E-state index in [1.165, 1.54) is 11.0 Å². The Balaban J connectivity index is 1.57. The van der Waals surface area contributed by atoms with Crippen molar-refractivity contribution in [2.45, 2.75) is 58.2 Å². The van der Waals surface area contributed by atoms with Gasteiger partial charge in [0.2, 0.25) is 5.43 Å². The molecular formula is C26H33N5O4. The number of hydrogen-bond donors (Lipinski definition) is 1. The largest absolute Gasteiger partial charge is 0.465 e. The lowest BCUT2D eigenvalue weighted by molar-refractivity contribution is -0.171. The van der Waals surface area contributed by atoms with E-state index in [0.717, 1.165) is 24.1 Å². The van der Waals surface area contributed by atoms with Crippen LogP contribution in [0.15, 0.2) is 53.7 Å². The van der Waals surface area contributed by atoms with Crippen molar-refractivity contribution in [3.05, 3.63) is 70.4 Å². The van der Waals surface area contributed by atoms with Crippen LogP contribution < -0.4 is 10.3 Å². The Kier molecular flexibility index (Phi) is 6.55. The molecule has 3 heterocycles. The fourth-order valence-corrected chi connectivity index (χ4v) is 5.24. The lowest BCUT2D eigenvalue weighted by Gasteiger charge is -2.46. The van der Waals surface area contributed by atoms with E-state index in [-0.39, 0.29) is 22.5 Å². The van der Waals surface area contributed by atoms with Crippen molar-refractivity contribution in [3.63, 3.8) is 0 Å². The van der Waals surface area contributed by atoms with E-state index >= 15 is 0 Å². The highest BCUT2D eigenvalue weighted by atomic mass is 16.5. The van der Waals surface area contributed by atoms with Gasteiger partial charge in [-0.05, 0) is 64.2 Å². The molecule has 0 bridgehead atoms. The van der Waals surface area contributed by atoms with Gasteiger partial charge in [0, 0.05) is 38.0 Å². The molecule has 4 rings (SSSR count). The standard InChI is InChI=1S/C26H33N5O4/c1-25(2)13-19(14-26(3,4)35-25)16-30(24(33)34)20-8-6-7-18(11-20)12-22-23(32)9-10-31(28-22)21-15-27-29(5)17-21/h6-11,15,17,19H,12-14,16H2,1-5H3,(H,33,34). The molecule has 1 saturated heterocycles. The zero-order chi connectivity index (χ0) is 25.4. The third-order valence-corrected chi connectivity index (χ3v) is 6.21. The number of carbonyl (C=O) groups is 1. The Morgan fingerprint density at radius 2 is 1.91 bits per heavy atom. The summed E-state index contributed by atoms with van der Waals surface area (Å²) >= 11 is 0. The summed E-state index contributed by atoms with van der Waals surface area (Å²) in [5.74, 6) is 0.163. The summed E-state index contributed by atoms with van der Waals surface area (Å²) in [6, 6.07) is 8.80. The maximum absolute atomic E-state index is 12.5. The molecule has 9 nitrogen and oxygen atoms in total. The quantitative estimate of drug-likeness (QED) is 0.573. The van der Waals surface area contributed by atoms with Crippen molar-refractivity contribution >= 4 is 11.8 Å². The fraction of sp³-hybridized carbons (Fsp3) is 0.462. The predicted octanol–water partition coefficient (Wildman–Crippen LogP) is 4.03. The van der Waals surface area contributed by atoms with Gasteiger partial charge in [-0.3, -0.25) is 14.4 Å². The second kappa shape index (κ2) is 9.30. The monoisotopic (exact) mass is 479 g/mol. The SMILES string of the molecule is Cn1cc(-n2ccc(=O)c(Cc3cccc(N(CC4CC(C)(C)OC(C)(C)C4)C(=O)O)c3)n2)cn1.